The normalized spacial score (nSPS) is 12.9. The average Bonchev–Trinajstić information content (AvgIpc) is 2.25. The molecule has 2 nitrogen and oxygen atoms in total. The summed E-state index contributed by atoms with van der Waals surface area (Å²) in [5, 5.41) is 0. The van der Waals surface area contributed by atoms with Gasteiger partial charge in [0.2, 0.25) is 0 Å². The highest BCUT2D eigenvalue weighted by atomic mass is 79.9. The predicted molar refractivity (Wildman–Crippen MR) is 79.5 cm³/mol. The fourth-order valence-corrected chi connectivity index (χ4v) is 2.39. The van der Waals surface area contributed by atoms with Crippen molar-refractivity contribution in [3.05, 3.63) is 28.2 Å². The highest BCUT2D eigenvalue weighted by molar-refractivity contribution is 9.10. The van der Waals surface area contributed by atoms with Gasteiger partial charge >= 0.3 is 0 Å². The fraction of sp³-hybridized carbons (Fsp3) is 0.571. The molecule has 0 aliphatic heterocycles. The Morgan fingerprint density at radius 2 is 1.94 bits per heavy atom. The third-order valence-corrected chi connectivity index (χ3v) is 3.59. The molecule has 1 rings (SSSR count). The Bertz CT molecular complexity index is 361. The molecule has 1 atom stereocenters. The first kappa shape index (κ1) is 14.5. The van der Waals surface area contributed by atoms with Gasteiger partial charge in [0.1, 0.15) is 0 Å². The van der Waals surface area contributed by atoms with Gasteiger partial charge in [-0.3, -0.25) is 0 Å². The van der Waals surface area contributed by atoms with Gasteiger partial charge in [0.05, 0.1) is 5.69 Å². The number of nitrogens with zero attached hydrogens (tertiary/aromatic N) is 1. The van der Waals surface area contributed by atoms with Crippen LogP contribution in [0.5, 0.6) is 0 Å². The zero-order valence-electron chi connectivity index (χ0n) is 11.2. The van der Waals surface area contributed by atoms with Crippen molar-refractivity contribution in [2.75, 3.05) is 18.5 Å². The molecule has 0 heterocycles. The molecule has 0 saturated carbocycles. The molecule has 0 radical (unpaired) electrons. The maximum Gasteiger partial charge on any atom is 0.0508 e. The van der Waals surface area contributed by atoms with E-state index in [-0.39, 0.29) is 6.04 Å². The van der Waals surface area contributed by atoms with E-state index in [2.05, 4.69) is 59.9 Å². The van der Waals surface area contributed by atoms with Crippen LogP contribution in [0.2, 0.25) is 0 Å². The quantitative estimate of drug-likeness (QED) is 0.892. The predicted octanol–water partition coefficient (Wildman–Crippen LogP) is 3.95. The molecule has 0 saturated heterocycles. The Balaban J connectivity index is 2.77. The van der Waals surface area contributed by atoms with Crippen LogP contribution in [-0.4, -0.2) is 13.6 Å². The molecular formula is C14H23BrN2. The van der Waals surface area contributed by atoms with Crippen LogP contribution in [0, 0.1) is 5.92 Å². The minimum Gasteiger partial charge on any atom is -0.374 e. The summed E-state index contributed by atoms with van der Waals surface area (Å²) in [5.41, 5.74) is 8.27. The van der Waals surface area contributed by atoms with Gasteiger partial charge in [0.25, 0.3) is 0 Å². The average molecular weight is 299 g/mol. The minimum atomic E-state index is 0.0846. The molecule has 1 aromatic carbocycles. The largest absolute Gasteiger partial charge is 0.374 e. The van der Waals surface area contributed by atoms with Crippen LogP contribution >= 0.6 is 15.9 Å². The number of halogens is 1. The second kappa shape index (κ2) is 6.41. The molecule has 17 heavy (non-hydrogen) atoms. The molecule has 2 N–H and O–H groups in total. The summed E-state index contributed by atoms with van der Waals surface area (Å²) in [4.78, 5) is 2.29. The Hall–Kier alpha value is -0.540. The first-order valence-electron chi connectivity index (χ1n) is 6.18. The molecule has 0 aromatic heterocycles. The monoisotopic (exact) mass is 298 g/mol. The lowest BCUT2D eigenvalue weighted by molar-refractivity contribution is 0.585. The number of anilines is 1. The van der Waals surface area contributed by atoms with E-state index in [1.165, 1.54) is 12.1 Å². The van der Waals surface area contributed by atoms with Crippen LogP contribution in [0.15, 0.2) is 22.7 Å². The molecule has 0 fully saturated rings. The number of hydrogen-bond acceptors (Lipinski definition) is 2. The van der Waals surface area contributed by atoms with E-state index < -0.39 is 0 Å². The maximum absolute atomic E-state index is 5.87. The summed E-state index contributed by atoms with van der Waals surface area (Å²) >= 11 is 3.63. The summed E-state index contributed by atoms with van der Waals surface area (Å²) in [6.07, 6.45) is 1.21. The van der Waals surface area contributed by atoms with Crippen molar-refractivity contribution >= 4 is 21.6 Å². The van der Waals surface area contributed by atoms with Crippen LogP contribution in [0.1, 0.15) is 38.8 Å². The SMILES string of the molecule is CC(C)CCN(C)c1ccc([C@@H](C)N)cc1Br. The Labute approximate surface area is 113 Å². The molecular weight excluding hydrogens is 276 g/mol. The van der Waals surface area contributed by atoms with Crippen LogP contribution in [0.25, 0.3) is 0 Å². The molecule has 0 aliphatic carbocycles. The lowest BCUT2D eigenvalue weighted by atomic mass is 10.1. The number of nitrogens with two attached hydrogens (primary N) is 1. The van der Waals surface area contributed by atoms with Crippen LogP contribution in [-0.2, 0) is 0 Å². The van der Waals surface area contributed by atoms with Crippen molar-refractivity contribution in [1.82, 2.24) is 0 Å². The van der Waals surface area contributed by atoms with Gasteiger partial charge in [-0.1, -0.05) is 19.9 Å². The molecule has 0 amide bonds. The van der Waals surface area contributed by atoms with Gasteiger partial charge in [-0.2, -0.15) is 0 Å². The molecule has 0 bridgehead atoms. The number of benzene rings is 1. The molecule has 0 unspecified atom stereocenters. The maximum atomic E-state index is 5.87. The third-order valence-electron chi connectivity index (χ3n) is 2.95. The summed E-state index contributed by atoms with van der Waals surface area (Å²) in [6.45, 7) is 7.59. The lowest BCUT2D eigenvalue weighted by Gasteiger charge is -2.22. The molecule has 1 aromatic rings. The van der Waals surface area contributed by atoms with E-state index in [1.807, 2.05) is 6.92 Å². The number of hydrogen-bond donors (Lipinski definition) is 1. The van der Waals surface area contributed by atoms with E-state index >= 15 is 0 Å². The van der Waals surface area contributed by atoms with Crippen LogP contribution in [0.3, 0.4) is 0 Å². The standard InChI is InChI=1S/C14H23BrN2/c1-10(2)7-8-17(4)14-6-5-12(11(3)16)9-13(14)15/h5-6,9-11H,7-8,16H2,1-4H3/t11-/m1/s1. The van der Waals surface area contributed by atoms with Crippen molar-refractivity contribution in [3.63, 3.8) is 0 Å². The topological polar surface area (TPSA) is 29.3 Å². The molecule has 3 heteroatoms. The van der Waals surface area contributed by atoms with Gasteiger partial charge in [-0.25, -0.2) is 0 Å². The van der Waals surface area contributed by atoms with E-state index in [1.54, 1.807) is 0 Å². The third kappa shape index (κ3) is 4.32. The Kier molecular flexibility index (Phi) is 5.47. The summed E-state index contributed by atoms with van der Waals surface area (Å²) in [7, 11) is 2.13. The Morgan fingerprint density at radius 3 is 2.41 bits per heavy atom. The van der Waals surface area contributed by atoms with Gasteiger partial charge < -0.3 is 10.6 Å². The second-order valence-corrected chi connectivity index (χ2v) is 5.96. The highest BCUT2D eigenvalue weighted by Crippen LogP contribution is 2.28. The fourth-order valence-electron chi connectivity index (χ4n) is 1.69. The lowest BCUT2D eigenvalue weighted by Crippen LogP contribution is -2.20. The van der Waals surface area contributed by atoms with E-state index in [0.29, 0.717) is 0 Å². The zero-order chi connectivity index (χ0) is 13.0. The van der Waals surface area contributed by atoms with Crippen molar-refractivity contribution < 1.29 is 0 Å². The molecule has 0 aliphatic rings. The summed E-state index contributed by atoms with van der Waals surface area (Å²) in [5.74, 6) is 0.736. The van der Waals surface area contributed by atoms with Gasteiger partial charge in [-0.05, 0) is 52.9 Å². The van der Waals surface area contributed by atoms with E-state index in [9.17, 15) is 0 Å². The van der Waals surface area contributed by atoms with Crippen LogP contribution in [0.4, 0.5) is 5.69 Å². The van der Waals surface area contributed by atoms with Gasteiger partial charge in [0, 0.05) is 24.1 Å². The molecule has 0 spiro atoms. The van der Waals surface area contributed by atoms with Crippen molar-refractivity contribution in [2.45, 2.75) is 33.2 Å². The minimum absolute atomic E-state index is 0.0846. The number of rotatable bonds is 5. The van der Waals surface area contributed by atoms with Crippen LogP contribution < -0.4 is 10.6 Å². The van der Waals surface area contributed by atoms with E-state index in [4.69, 9.17) is 5.73 Å². The molecule has 96 valence electrons. The van der Waals surface area contributed by atoms with Gasteiger partial charge in [-0.15, -0.1) is 0 Å². The second-order valence-electron chi connectivity index (χ2n) is 5.10. The zero-order valence-corrected chi connectivity index (χ0v) is 12.8. The summed E-state index contributed by atoms with van der Waals surface area (Å²) < 4.78 is 1.12. The van der Waals surface area contributed by atoms with Crippen molar-refractivity contribution in [2.24, 2.45) is 11.7 Å². The smallest absolute Gasteiger partial charge is 0.0508 e. The first-order valence-corrected chi connectivity index (χ1v) is 6.97. The summed E-state index contributed by atoms with van der Waals surface area (Å²) in [6, 6.07) is 6.45. The van der Waals surface area contributed by atoms with Gasteiger partial charge in [0.15, 0.2) is 0 Å². The Morgan fingerprint density at radius 1 is 1.29 bits per heavy atom. The van der Waals surface area contributed by atoms with E-state index in [0.717, 1.165) is 22.5 Å². The highest BCUT2D eigenvalue weighted by Gasteiger charge is 2.08. The van der Waals surface area contributed by atoms with Crippen molar-refractivity contribution in [1.29, 1.82) is 0 Å². The first-order chi connectivity index (χ1) is 7.91. The van der Waals surface area contributed by atoms with Crippen molar-refractivity contribution in [3.8, 4) is 0 Å².